The maximum Gasteiger partial charge on any atom is 0.0471 e. The molecule has 0 unspecified atom stereocenters. The maximum absolute atomic E-state index is 5.78. The molecular weight excluding hydrogens is 248 g/mol. The number of rotatable bonds is 5. The minimum Gasteiger partial charge on any atom is -0.399 e. The molecule has 1 saturated heterocycles. The predicted molar refractivity (Wildman–Crippen MR) is 82.8 cm³/mol. The monoisotopic (exact) mass is 274 g/mol. The van der Waals surface area contributed by atoms with Gasteiger partial charge in [-0.1, -0.05) is 19.1 Å². The molecule has 1 aliphatic carbocycles. The van der Waals surface area contributed by atoms with Gasteiger partial charge in [-0.2, -0.15) is 0 Å². The number of hydrogen-bond donors (Lipinski definition) is 2. The number of hydrogen-bond acceptors (Lipinski definition) is 3. The van der Waals surface area contributed by atoms with Crippen LogP contribution in [0.15, 0.2) is 24.3 Å². The van der Waals surface area contributed by atoms with Gasteiger partial charge in [-0.25, -0.2) is 0 Å². The summed E-state index contributed by atoms with van der Waals surface area (Å²) in [6, 6.07) is 8.44. The van der Waals surface area contributed by atoms with Gasteiger partial charge in [0.25, 0.3) is 0 Å². The average molecular weight is 274 g/mol. The van der Waals surface area contributed by atoms with Crippen LogP contribution in [0, 0.1) is 5.41 Å². The van der Waals surface area contributed by atoms with E-state index in [1.807, 2.05) is 12.1 Å². The normalized spacial score (nSPS) is 23.4. The topological polar surface area (TPSA) is 47.3 Å². The summed E-state index contributed by atoms with van der Waals surface area (Å²) in [4.78, 5) is 0. The van der Waals surface area contributed by atoms with Crippen LogP contribution in [-0.4, -0.2) is 26.3 Å². The second kappa shape index (κ2) is 5.38. The quantitative estimate of drug-likeness (QED) is 0.812. The lowest BCUT2D eigenvalue weighted by Gasteiger charge is -2.34. The molecule has 1 aromatic rings. The molecule has 2 fully saturated rings. The second-order valence-corrected chi connectivity index (χ2v) is 6.93. The Kier molecular flexibility index (Phi) is 3.74. The maximum atomic E-state index is 5.78. The van der Waals surface area contributed by atoms with Gasteiger partial charge in [-0.05, 0) is 48.8 Å². The van der Waals surface area contributed by atoms with E-state index < -0.39 is 0 Å². The number of anilines is 1. The van der Waals surface area contributed by atoms with Crippen molar-refractivity contribution in [3.05, 3.63) is 29.8 Å². The molecule has 0 radical (unpaired) electrons. The van der Waals surface area contributed by atoms with Gasteiger partial charge in [-0.15, -0.1) is 0 Å². The zero-order valence-corrected chi connectivity index (χ0v) is 12.5. The second-order valence-electron chi connectivity index (χ2n) is 6.93. The summed E-state index contributed by atoms with van der Waals surface area (Å²) in [5.74, 6) is 0. The number of ether oxygens (including phenoxy) is 1. The van der Waals surface area contributed by atoms with Gasteiger partial charge in [0.2, 0.25) is 0 Å². The van der Waals surface area contributed by atoms with Crippen LogP contribution in [0.4, 0.5) is 5.69 Å². The molecule has 3 nitrogen and oxygen atoms in total. The number of nitrogens with one attached hydrogen (secondary N) is 1. The summed E-state index contributed by atoms with van der Waals surface area (Å²) in [5.41, 5.74) is 8.86. The molecule has 1 aromatic carbocycles. The van der Waals surface area contributed by atoms with E-state index >= 15 is 0 Å². The van der Waals surface area contributed by atoms with Crippen molar-refractivity contribution in [1.82, 2.24) is 5.32 Å². The molecule has 3 N–H and O–H groups in total. The first-order valence-corrected chi connectivity index (χ1v) is 7.77. The van der Waals surface area contributed by atoms with Gasteiger partial charge in [-0.3, -0.25) is 0 Å². The van der Waals surface area contributed by atoms with Crippen molar-refractivity contribution in [3.8, 4) is 0 Å². The third kappa shape index (κ3) is 2.99. The van der Waals surface area contributed by atoms with E-state index in [9.17, 15) is 0 Å². The summed E-state index contributed by atoms with van der Waals surface area (Å²) >= 11 is 0. The highest BCUT2D eigenvalue weighted by Gasteiger charge is 2.44. The first-order chi connectivity index (χ1) is 9.62. The van der Waals surface area contributed by atoms with Gasteiger partial charge >= 0.3 is 0 Å². The standard InChI is InChI=1S/C17H26N2O/c1-16(8-10-20-11-9-16)12-19-13-17(6-7-17)14-2-4-15(18)5-3-14/h2-5,19H,6-13,18H2,1H3. The van der Waals surface area contributed by atoms with Crippen LogP contribution < -0.4 is 11.1 Å². The lowest BCUT2D eigenvalue weighted by atomic mass is 9.82. The highest BCUT2D eigenvalue weighted by atomic mass is 16.5. The van der Waals surface area contributed by atoms with Crippen LogP contribution in [0.25, 0.3) is 0 Å². The van der Waals surface area contributed by atoms with E-state index in [0.717, 1.165) is 32.0 Å². The summed E-state index contributed by atoms with van der Waals surface area (Å²) < 4.78 is 5.47. The molecule has 0 amide bonds. The molecule has 0 bridgehead atoms. The number of benzene rings is 1. The number of nitrogens with two attached hydrogens (primary N) is 1. The zero-order valence-electron chi connectivity index (χ0n) is 12.5. The SMILES string of the molecule is CC1(CNCC2(c3ccc(N)cc3)CC2)CCOCC1. The van der Waals surface area contributed by atoms with Crippen molar-refractivity contribution < 1.29 is 4.74 Å². The van der Waals surface area contributed by atoms with Crippen LogP contribution in [0.3, 0.4) is 0 Å². The molecule has 3 rings (SSSR count). The predicted octanol–water partition coefficient (Wildman–Crippen LogP) is 2.71. The summed E-state index contributed by atoms with van der Waals surface area (Å²) in [6.45, 7) is 6.41. The van der Waals surface area contributed by atoms with Crippen LogP contribution >= 0.6 is 0 Å². The minimum absolute atomic E-state index is 0.370. The Bertz CT molecular complexity index is 445. The van der Waals surface area contributed by atoms with Crippen LogP contribution in [0.1, 0.15) is 38.2 Å². The highest BCUT2D eigenvalue weighted by Crippen LogP contribution is 2.47. The average Bonchev–Trinajstić information content (AvgIpc) is 3.21. The molecule has 2 aliphatic rings. The first-order valence-electron chi connectivity index (χ1n) is 7.77. The summed E-state index contributed by atoms with van der Waals surface area (Å²) in [6.07, 6.45) is 4.94. The van der Waals surface area contributed by atoms with Gasteiger partial charge in [0, 0.05) is 37.4 Å². The smallest absolute Gasteiger partial charge is 0.0471 e. The Labute approximate surface area is 121 Å². The summed E-state index contributed by atoms with van der Waals surface area (Å²) in [7, 11) is 0. The molecule has 110 valence electrons. The number of nitrogen functional groups attached to an aromatic ring is 1. The van der Waals surface area contributed by atoms with Crippen molar-refractivity contribution >= 4 is 5.69 Å². The minimum atomic E-state index is 0.370. The van der Waals surface area contributed by atoms with Gasteiger partial charge in [0.1, 0.15) is 0 Å². The van der Waals surface area contributed by atoms with E-state index in [-0.39, 0.29) is 0 Å². The van der Waals surface area contributed by atoms with Crippen molar-refractivity contribution in [2.24, 2.45) is 5.41 Å². The Morgan fingerprint density at radius 3 is 2.30 bits per heavy atom. The molecular formula is C17H26N2O. The van der Waals surface area contributed by atoms with E-state index in [1.54, 1.807) is 0 Å². The Morgan fingerprint density at radius 2 is 1.70 bits per heavy atom. The molecule has 0 spiro atoms. The zero-order chi connectivity index (χ0) is 14.1. The largest absolute Gasteiger partial charge is 0.399 e. The van der Waals surface area contributed by atoms with Crippen LogP contribution in [-0.2, 0) is 10.2 Å². The van der Waals surface area contributed by atoms with Gasteiger partial charge < -0.3 is 15.8 Å². The third-order valence-electron chi connectivity index (χ3n) is 5.09. The molecule has 3 heteroatoms. The van der Waals surface area contributed by atoms with E-state index in [1.165, 1.54) is 31.2 Å². The van der Waals surface area contributed by atoms with Crippen LogP contribution in [0.5, 0.6) is 0 Å². The van der Waals surface area contributed by atoms with Gasteiger partial charge in [0.05, 0.1) is 0 Å². The lowest BCUT2D eigenvalue weighted by Crippen LogP contribution is -2.39. The van der Waals surface area contributed by atoms with E-state index in [0.29, 0.717) is 10.8 Å². The van der Waals surface area contributed by atoms with E-state index in [4.69, 9.17) is 10.5 Å². The molecule has 1 heterocycles. The fourth-order valence-corrected chi connectivity index (χ4v) is 3.20. The Morgan fingerprint density at radius 1 is 1.05 bits per heavy atom. The van der Waals surface area contributed by atoms with Crippen molar-refractivity contribution in [2.45, 2.75) is 38.0 Å². The molecule has 1 saturated carbocycles. The molecule has 1 aliphatic heterocycles. The third-order valence-corrected chi connectivity index (χ3v) is 5.09. The molecule has 0 atom stereocenters. The highest BCUT2D eigenvalue weighted by molar-refractivity contribution is 5.43. The van der Waals surface area contributed by atoms with Crippen LogP contribution in [0.2, 0.25) is 0 Å². The first kappa shape index (κ1) is 13.9. The van der Waals surface area contributed by atoms with Crippen molar-refractivity contribution in [3.63, 3.8) is 0 Å². The molecule has 0 aromatic heterocycles. The van der Waals surface area contributed by atoms with Crippen molar-refractivity contribution in [1.29, 1.82) is 0 Å². The Hall–Kier alpha value is -1.06. The lowest BCUT2D eigenvalue weighted by molar-refractivity contribution is 0.0240. The molecule has 20 heavy (non-hydrogen) atoms. The Balaban J connectivity index is 1.54. The fraction of sp³-hybridized carbons (Fsp3) is 0.647. The van der Waals surface area contributed by atoms with Crippen molar-refractivity contribution in [2.75, 3.05) is 32.0 Å². The summed E-state index contributed by atoms with van der Waals surface area (Å²) in [5, 5.41) is 3.72. The van der Waals surface area contributed by atoms with Gasteiger partial charge in [0.15, 0.2) is 0 Å². The van der Waals surface area contributed by atoms with E-state index in [2.05, 4.69) is 24.4 Å². The fourth-order valence-electron chi connectivity index (χ4n) is 3.20.